The summed E-state index contributed by atoms with van der Waals surface area (Å²) in [6.45, 7) is 5.94. The fraction of sp³-hybridized carbons (Fsp3) is 0.600. The van der Waals surface area contributed by atoms with E-state index in [2.05, 4.69) is 13.8 Å². The van der Waals surface area contributed by atoms with Gasteiger partial charge in [0.15, 0.2) is 0 Å². The second kappa shape index (κ2) is 6.83. The predicted octanol–water partition coefficient (Wildman–Crippen LogP) is 4.21. The molecule has 1 aromatic rings. The van der Waals surface area contributed by atoms with Crippen molar-refractivity contribution in [1.29, 1.82) is 0 Å². The summed E-state index contributed by atoms with van der Waals surface area (Å²) in [5.74, 6) is -0.425. The molecule has 18 heavy (non-hydrogen) atoms. The zero-order valence-electron chi connectivity index (χ0n) is 11.2. The lowest BCUT2D eigenvalue weighted by atomic mass is 9.92. The number of benzene rings is 1. The lowest BCUT2D eigenvalue weighted by Crippen LogP contribution is -2.19. The van der Waals surface area contributed by atoms with Crippen molar-refractivity contribution in [3.8, 4) is 0 Å². The van der Waals surface area contributed by atoms with Crippen molar-refractivity contribution in [3.05, 3.63) is 35.4 Å². The van der Waals surface area contributed by atoms with Crippen LogP contribution in [0.3, 0.4) is 0 Å². The van der Waals surface area contributed by atoms with Gasteiger partial charge in [0.2, 0.25) is 6.43 Å². The van der Waals surface area contributed by atoms with E-state index in [1.807, 2.05) is 12.1 Å². The van der Waals surface area contributed by atoms with Crippen molar-refractivity contribution >= 4 is 0 Å². The van der Waals surface area contributed by atoms with Crippen LogP contribution >= 0.6 is 0 Å². The molecule has 2 atom stereocenters. The van der Waals surface area contributed by atoms with E-state index in [0.29, 0.717) is 11.5 Å². The standard InChI is InChI=1S/C15H22F2O/c1-4-13(15(16)17)14(18)12-7-5-11(6-8-12)9-10(2)3/h5-8,10,13-15,18H,4,9H2,1-3H3. The second-order valence-corrected chi connectivity index (χ2v) is 5.19. The van der Waals surface area contributed by atoms with Gasteiger partial charge in [0.25, 0.3) is 0 Å². The Labute approximate surface area is 108 Å². The molecule has 3 heteroatoms. The summed E-state index contributed by atoms with van der Waals surface area (Å²) in [6, 6.07) is 7.34. The lowest BCUT2D eigenvalue weighted by Gasteiger charge is -2.21. The van der Waals surface area contributed by atoms with Crippen molar-refractivity contribution < 1.29 is 13.9 Å². The summed E-state index contributed by atoms with van der Waals surface area (Å²) in [5, 5.41) is 9.94. The average molecular weight is 256 g/mol. The van der Waals surface area contributed by atoms with Crippen LogP contribution in [0.4, 0.5) is 8.78 Å². The zero-order valence-corrected chi connectivity index (χ0v) is 11.2. The number of hydrogen-bond acceptors (Lipinski definition) is 1. The second-order valence-electron chi connectivity index (χ2n) is 5.19. The largest absolute Gasteiger partial charge is 0.388 e. The normalized spacial score (nSPS) is 15.1. The van der Waals surface area contributed by atoms with Crippen LogP contribution in [-0.2, 0) is 6.42 Å². The molecular formula is C15H22F2O. The Morgan fingerprint density at radius 2 is 1.67 bits per heavy atom. The van der Waals surface area contributed by atoms with E-state index in [1.165, 1.54) is 5.56 Å². The van der Waals surface area contributed by atoms with E-state index in [1.54, 1.807) is 19.1 Å². The quantitative estimate of drug-likeness (QED) is 0.808. The van der Waals surface area contributed by atoms with Crippen LogP contribution < -0.4 is 0 Å². The van der Waals surface area contributed by atoms with Gasteiger partial charge in [-0.25, -0.2) is 8.78 Å². The van der Waals surface area contributed by atoms with E-state index in [0.717, 1.165) is 6.42 Å². The third-order valence-corrected chi connectivity index (χ3v) is 3.17. The predicted molar refractivity (Wildman–Crippen MR) is 69.7 cm³/mol. The molecule has 0 aromatic heterocycles. The van der Waals surface area contributed by atoms with Crippen molar-refractivity contribution in [3.63, 3.8) is 0 Å². The molecule has 1 aromatic carbocycles. The van der Waals surface area contributed by atoms with Crippen molar-refractivity contribution in [2.45, 2.75) is 46.1 Å². The zero-order chi connectivity index (χ0) is 13.7. The molecule has 1 rings (SSSR count). The summed E-state index contributed by atoms with van der Waals surface area (Å²) in [4.78, 5) is 0. The highest BCUT2D eigenvalue weighted by atomic mass is 19.3. The Morgan fingerprint density at radius 1 is 1.11 bits per heavy atom. The van der Waals surface area contributed by atoms with Crippen LogP contribution in [0.15, 0.2) is 24.3 Å². The van der Waals surface area contributed by atoms with Crippen molar-refractivity contribution in [2.75, 3.05) is 0 Å². The van der Waals surface area contributed by atoms with E-state index >= 15 is 0 Å². The highest BCUT2D eigenvalue weighted by Gasteiger charge is 2.27. The first-order valence-corrected chi connectivity index (χ1v) is 6.50. The molecule has 0 amide bonds. The van der Waals surface area contributed by atoms with Crippen molar-refractivity contribution in [2.24, 2.45) is 11.8 Å². The summed E-state index contributed by atoms with van der Waals surface area (Å²) in [5.41, 5.74) is 1.75. The molecular weight excluding hydrogens is 234 g/mol. The van der Waals surface area contributed by atoms with Gasteiger partial charge in [0.1, 0.15) is 0 Å². The van der Waals surface area contributed by atoms with Crippen molar-refractivity contribution in [1.82, 2.24) is 0 Å². The van der Waals surface area contributed by atoms with Gasteiger partial charge >= 0.3 is 0 Å². The first kappa shape index (κ1) is 15.1. The van der Waals surface area contributed by atoms with Gasteiger partial charge in [0, 0.05) is 5.92 Å². The summed E-state index contributed by atoms with van der Waals surface area (Å²) >= 11 is 0. The fourth-order valence-electron chi connectivity index (χ4n) is 2.11. The highest BCUT2D eigenvalue weighted by molar-refractivity contribution is 5.25. The maximum Gasteiger partial charge on any atom is 0.244 e. The van der Waals surface area contributed by atoms with Gasteiger partial charge in [-0.1, -0.05) is 45.0 Å². The van der Waals surface area contributed by atoms with Gasteiger partial charge in [-0.3, -0.25) is 0 Å². The van der Waals surface area contributed by atoms with E-state index in [4.69, 9.17) is 0 Å². The third kappa shape index (κ3) is 4.05. The minimum absolute atomic E-state index is 0.270. The smallest absolute Gasteiger partial charge is 0.244 e. The molecule has 0 aliphatic rings. The minimum Gasteiger partial charge on any atom is -0.388 e. The molecule has 0 aliphatic carbocycles. The Bertz CT molecular complexity index is 346. The number of aliphatic hydroxyl groups is 1. The van der Waals surface area contributed by atoms with Crippen LogP contribution in [0.25, 0.3) is 0 Å². The number of halogens is 2. The molecule has 0 fully saturated rings. The summed E-state index contributed by atoms with van der Waals surface area (Å²) < 4.78 is 25.5. The van der Waals surface area contributed by atoms with Crippen LogP contribution in [0, 0.1) is 11.8 Å². The summed E-state index contributed by atoms with van der Waals surface area (Å²) in [7, 11) is 0. The van der Waals surface area contributed by atoms with E-state index < -0.39 is 18.4 Å². The molecule has 2 unspecified atom stereocenters. The molecule has 1 N–H and O–H groups in total. The highest BCUT2D eigenvalue weighted by Crippen LogP contribution is 2.29. The lowest BCUT2D eigenvalue weighted by molar-refractivity contribution is -0.0110. The van der Waals surface area contributed by atoms with Gasteiger partial charge in [0.05, 0.1) is 6.10 Å². The maximum absolute atomic E-state index is 12.7. The topological polar surface area (TPSA) is 20.2 Å². The fourth-order valence-corrected chi connectivity index (χ4v) is 2.11. The van der Waals surface area contributed by atoms with Gasteiger partial charge in [-0.15, -0.1) is 0 Å². The summed E-state index contributed by atoms with van der Waals surface area (Å²) in [6.07, 6.45) is -2.34. The number of hydrogen-bond donors (Lipinski definition) is 1. The molecule has 0 heterocycles. The molecule has 0 radical (unpaired) electrons. The molecule has 0 bridgehead atoms. The third-order valence-electron chi connectivity index (χ3n) is 3.17. The maximum atomic E-state index is 12.7. The minimum atomic E-state index is -2.49. The van der Waals surface area contributed by atoms with Gasteiger partial charge in [-0.2, -0.15) is 0 Å². The Morgan fingerprint density at radius 3 is 2.06 bits per heavy atom. The Kier molecular flexibility index (Phi) is 5.73. The SMILES string of the molecule is CCC(C(F)F)C(O)c1ccc(CC(C)C)cc1. The molecule has 0 saturated heterocycles. The number of alkyl halides is 2. The van der Waals surface area contributed by atoms with Crippen LogP contribution in [0.5, 0.6) is 0 Å². The molecule has 0 saturated carbocycles. The van der Waals surface area contributed by atoms with Crippen LogP contribution in [0.2, 0.25) is 0 Å². The number of rotatable bonds is 6. The Hall–Kier alpha value is -0.960. The van der Waals surface area contributed by atoms with E-state index in [9.17, 15) is 13.9 Å². The molecule has 102 valence electrons. The monoisotopic (exact) mass is 256 g/mol. The van der Waals surface area contributed by atoms with Crippen LogP contribution in [-0.4, -0.2) is 11.5 Å². The Balaban J connectivity index is 2.77. The molecule has 1 nitrogen and oxygen atoms in total. The molecule has 0 spiro atoms. The molecule has 0 aliphatic heterocycles. The average Bonchev–Trinajstić information content (AvgIpc) is 2.29. The van der Waals surface area contributed by atoms with Crippen LogP contribution in [0.1, 0.15) is 44.4 Å². The van der Waals surface area contributed by atoms with E-state index in [-0.39, 0.29) is 6.42 Å². The number of aliphatic hydroxyl groups excluding tert-OH is 1. The first-order valence-electron chi connectivity index (χ1n) is 6.50. The van der Waals surface area contributed by atoms with Gasteiger partial charge < -0.3 is 5.11 Å². The van der Waals surface area contributed by atoms with Gasteiger partial charge in [-0.05, 0) is 29.9 Å². The first-order chi connectivity index (χ1) is 8.45.